The lowest BCUT2D eigenvalue weighted by molar-refractivity contribution is 0.430. The van der Waals surface area contributed by atoms with Crippen LogP contribution in [0.5, 0.6) is 0 Å². The smallest absolute Gasteiger partial charge is 0.0443 e. The van der Waals surface area contributed by atoms with Gasteiger partial charge in [0.05, 0.1) is 0 Å². The molecule has 0 spiro atoms. The summed E-state index contributed by atoms with van der Waals surface area (Å²) in [6, 6.07) is 0. The van der Waals surface area contributed by atoms with Gasteiger partial charge in [0.15, 0.2) is 0 Å². The standard InChI is InChI=1S/C28H58/c1-4-6-8-10-12-13-14-15-16-17-18-19-20-21-23-25-27-28(3)26-24-22-11-9-7-5-2/h28H,4-27H2,1-3H3/t28-/m1/s1. The summed E-state index contributed by atoms with van der Waals surface area (Å²) in [6.07, 6.45) is 35.3. The van der Waals surface area contributed by atoms with E-state index in [9.17, 15) is 0 Å². The second kappa shape index (κ2) is 25.0. The molecular formula is C28H58. The summed E-state index contributed by atoms with van der Waals surface area (Å²) in [5.41, 5.74) is 0. The van der Waals surface area contributed by atoms with Crippen LogP contribution in [-0.4, -0.2) is 0 Å². The van der Waals surface area contributed by atoms with Gasteiger partial charge in [-0.2, -0.15) is 0 Å². The Hall–Kier alpha value is 0. The van der Waals surface area contributed by atoms with Gasteiger partial charge in [-0.15, -0.1) is 0 Å². The average Bonchev–Trinajstić information content (AvgIpc) is 2.70. The van der Waals surface area contributed by atoms with E-state index in [1.54, 1.807) is 0 Å². The van der Waals surface area contributed by atoms with Crippen LogP contribution in [-0.2, 0) is 0 Å². The molecule has 0 heterocycles. The van der Waals surface area contributed by atoms with E-state index < -0.39 is 0 Å². The Labute approximate surface area is 181 Å². The van der Waals surface area contributed by atoms with Gasteiger partial charge in [-0.1, -0.05) is 175 Å². The van der Waals surface area contributed by atoms with Crippen LogP contribution in [0.15, 0.2) is 0 Å². The molecule has 1 atom stereocenters. The molecule has 0 N–H and O–H groups in total. The van der Waals surface area contributed by atoms with Gasteiger partial charge in [0.25, 0.3) is 0 Å². The van der Waals surface area contributed by atoms with E-state index >= 15 is 0 Å². The zero-order valence-electron chi connectivity index (χ0n) is 20.5. The quantitative estimate of drug-likeness (QED) is 0.143. The summed E-state index contributed by atoms with van der Waals surface area (Å²) in [7, 11) is 0. The van der Waals surface area contributed by atoms with Gasteiger partial charge >= 0.3 is 0 Å². The van der Waals surface area contributed by atoms with Crippen LogP contribution >= 0.6 is 0 Å². The van der Waals surface area contributed by atoms with Gasteiger partial charge in [0.2, 0.25) is 0 Å². The van der Waals surface area contributed by atoms with Gasteiger partial charge in [-0.3, -0.25) is 0 Å². The number of unbranched alkanes of at least 4 members (excludes halogenated alkanes) is 20. The van der Waals surface area contributed by atoms with Gasteiger partial charge < -0.3 is 0 Å². The van der Waals surface area contributed by atoms with Crippen LogP contribution in [0, 0.1) is 5.92 Å². The minimum atomic E-state index is 0.970. The molecule has 0 aliphatic rings. The molecule has 0 aliphatic heterocycles. The molecule has 28 heavy (non-hydrogen) atoms. The molecule has 0 aromatic carbocycles. The second-order valence-electron chi connectivity index (χ2n) is 9.75. The molecule has 0 bridgehead atoms. The Balaban J connectivity index is 3.09. The summed E-state index contributed by atoms with van der Waals surface area (Å²) in [4.78, 5) is 0. The number of rotatable bonds is 24. The fourth-order valence-electron chi connectivity index (χ4n) is 4.46. The molecule has 0 amide bonds. The van der Waals surface area contributed by atoms with E-state index in [0.29, 0.717) is 0 Å². The molecule has 0 radical (unpaired) electrons. The summed E-state index contributed by atoms with van der Waals surface area (Å²) < 4.78 is 0. The van der Waals surface area contributed by atoms with E-state index in [-0.39, 0.29) is 0 Å². The highest BCUT2D eigenvalue weighted by Gasteiger charge is 2.02. The molecule has 0 fully saturated rings. The van der Waals surface area contributed by atoms with Crippen LogP contribution in [0.2, 0.25) is 0 Å². The van der Waals surface area contributed by atoms with Crippen molar-refractivity contribution in [3.63, 3.8) is 0 Å². The molecule has 0 heteroatoms. The lowest BCUT2D eigenvalue weighted by atomic mass is 9.96. The van der Waals surface area contributed by atoms with Crippen molar-refractivity contribution in [1.82, 2.24) is 0 Å². The van der Waals surface area contributed by atoms with Crippen molar-refractivity contribution in [3.8, 4) is 0 Å². The fraction of sp³-hybridized carbons (Fsp3) is 1.00. The first-order chi connectivity index (χ1) is 13.8. The van der Waals surface area contributed by atoms with Crippen LogP contribution in [0.4, 0.5) is 0 Å². The first kappa shape index (κ1) is 28.0. The normalized spacial score (nSPS) is 12.5. The summed E-state index contributed by atoms with van der Waals surface area (Å²) in [5, 5.41) is 0. The number of hydrogen-bond donors (Lipinski definition) is 0. The van der Waals surface area contributed by atoms with Crippen molar-refractivity contribution in [3.05, 3.63) is 0 Å². The first-order valence-electron chi connectivity index (χ1n) is 13.8. The molecule has 0 nitrogen and oxygen atoms in total. The lowest BCUT2D eigenvalue weighted by Gasteiger charge is -2.11. The molecule has 0 saturated heterocycles. The lowest BCUT2D eigenvalue weighted by Crippen LogP contribution is -1.95. The first-order valence-corrected chi connectivity index (χ1v) is 13.8. The van der Waals surface area contributed by atoms with E-state index in [0.717, 1.165) is 5.92 Å². The molecule has 0 aromatic rings. The van der Waals surface area contributed by atoms with Crippen molar-refractivity contribution in [2.75, 3.05) is 0 Å². The average molecular weight is 395 g/mol. The van der Waals surface area contributed by atoms with Crippen molar-refractivity contribution >= 4 is 0 Å². The maximum absolute atomic E-state index is 2.48. The molecule has 170 valence electrons. The molecular weight excluding hydrogens is 336 g/mol. The van der Waals surface area contributed by atoms with Gasteiger partial charge in [-0.25, -0.2) is 0 Å². The van der Waals surface area contributed by atoms with E-state index in [4.69, 9.17) is 0 Å². The van der Waals surface area contributed by atoms with Crippen molar-refractivity contribution in [2.45, 2.75) is 175 Å². The minimum Gasteiger partial charge on any atom is -0.0654 e. The monoisotopic (exact) mass is 394 g/mol. The van der Waals surface area contributed by atoms with Gasteiger partial charge in [-0.05, 0) is 5.92 Å². The Morgan fingerprint density at radius 1 is 0.321 bits per heavy atom. The molecule has 0 aliphatic carbocycles. The molecule has 0 saturated carbocycles. The van der Waals surface area contributed by atoms with Crippen LogP contribution < -0.4 is 0 Å². The second-order valence-corrected chi connectivity index (χ2v) is 9.75. The summed E-state index contributed by atoms with van der Waals surface area (Å²) in [6.45, 7) is 7.09. The largest absolute Gasteiger partial charge is 0.0654 e. The van der Waals surface area contributed by atoms with Gasteiger partial charge in [0.1, 0.15) is 0 Å². The predicted octanol–water partition coefficient (Wildman–Crippen LogP) is 11.0. The van der Waals surface area contributed by atoms with Gasteiger partial charge in [0, 0.05) is 0 Å². The summed E-state index contributed by atoms with van der Waals surface area (Å²) >= 11 is 0. The van der Waals surface area contributed by atoms with Crippen LogP contribution in [0.1, 0.15) is 175 Å². The Kier molecular flexibility index (Phi) is 25.0. The predicted molar refractivity (Wildman–Crippen MR) is 131 cm³/mol. The zero-order valence-corrected chi connectivity index (χ0v) is 20.5. The maximum Gasteiger partial charge on any atom is -0.0443 e. The van der Waals surface area contributed by atoms with Crippen molar-refractivity contribution in [1.29, 1.82) is 0 Å². The fourth-order valence-corrected chi connectivity index (χ4v) is 4.46. The highest BCUT2D eigenvalue weighted by atomic mass is 14.1. The zero-order chi connectivity index (χ0) is 20.5. The van der Waals surface area contributed by atoms with E-state index in [1.807, 2.05) is 0 Å². The Morgan fingerprint density at radius 3 is 0.786 bits per heavy atom. The Morgan fingerprint density at radius 2 is 0.536 bits per heavy atom. The SMILES string of the molecule is CCCCCCCCCCCCCCCCCC[C@H](C)CCCCCCCC. The van der Waals surface area contributed by atoms with Crippen LogP contribution in [0.25, 0.3) is 0 Å². The van der Waals surface area contributed by atoms with Crippen LogP contribution in [0.3, 0.4) is 0 Å². The third-order valence-corrected chi connectivity index (χ3v) is 6.60. The van der Waals surface area contributed by atoms with E-state index in [1.165, 1.54) is 154 Å². The molecule has 0 rings (SSSR count). The van der Waals surface area contributed by atoms with Crippen molar-refractivity contribution < 1.29 is 0 Å². The molecule has 0 unspecified atom stereocenters. The minimum absolute atomic E-state index is 0.970. The van der Waals surface area contributed by atoms with E-state index in [2.05, 4.69) is 20.8 Å². The highest BCUT2D eigenvalue weighted by molar-refractivity contribution is 4.56. The number of hydrogen-bond acceptors (Lipinski definition) is 0. The third-order valence-electron chi connectivity index (χ3n) is 6.60. The third kappa shape index (κ3) is 24.0. The van der Waals surface area contributed by atoms with Crippen molar-refractivity contribution in [2.24, 2.45) is 5.92 Å². The maximum atomic E-state index is 2.48. The summed E-state index contributed by atoms with van der Waals surface area (Å²) in [5.74, 6) is 0.970. The highest BCUT2D eigenvalue weighted by Crippen LogP contribution is 2.19. The molecule has 0 aromatic heterocycles. The topological polar surface area (TPSA) is 0 Å². The Bertz CT molecular complexity index is 257.